The van der Waals surface area contributed by atoms with Gasteiger partial charge < -0.3 is 16.2 Å². The average Bonchev–Trinajstić information content (AvgIpc) is 2.31. The van der Waals surface area contributed by atoms with Gasteiger partial charge in [0.15, 0.2) is 0 Å². The van der Waals surface area contributed by atoms with E-state index in [0.717, 1.165) is 3.57 Å². The first kappa shape index (κ1) is 14.7. The highest BCUT2D eigenvalue weighted by Gasteiger charge is 2.21. The van der Waals surface area contributed by atoms with Gasteiger partial charge in [0.2, 0.25) is 0 Å². The van der Waals surface area contributed by atoms with Crippen molar-refractivity contribution in [3.8, 4) is 0 Å². The quantitative estimate of drug-likeness (QED) is 0.562. The zero-order valence-electron chi connectivity index (χ0n) is 10.1. The van der Waals surface area contributed by atoms with Crippen LogP contribution in [0, 0.1) is 9.49 Å². The first-order valence-corrected chi connectivity index (χ1v) is 6.49. The summed E-state index contributed by atoms with van der Waals surface area (Å²) in [6.45, 7) is 3.22. The van der Waals surface area contributed by atoms with Crippen LogP contribution in [0.1, 0.15) is 24.2 Å². The Morgan fingerprint density at radius 1 is 1.39 bits per heavy atom. The van der Waals surface area contributed by atoms with Gasteiger partial charge in [-0.05, 0) is 54.6 Å². The van der Waals surface area contributed by atoms with E-state index in [2.05, 4.69) is 5.32 Å². The third kappa shape index (κ3) is 3.59. The predicted octanol–water partition coefficient (Wildman–Crippen LogP) is 1.71. The molecule has 0 aliphatic heterocycles. The number of hydrogen-bond acceptors (Lipinski definition) is 3. The number of halogens is 1. The number of nitrogen functional groups attached to an aromatic ring is 1. The van der Waals surface area contributed by atoms with E-state index in [1.807, 2.05) is 22.6 Å². The molecule has 0 aliphatic rings. The van der Waals surface area contributed by atoms with Crippen LogP contribution in [0.5, 0.6) is 0 Å². The Kier molecular flexibility index (Phi) is 4.94. The van der Waals surface area contributed by atoms with Crippen LogP contribution in [0.25, 0.3) is 0 Å². The Morgan fingerprint density at radius 2 is 2.00 bits per heavy atom. The SMILES string of the molecule is CC(NC(=O)c1ccc(N)c(I)c1)C(C)C(=O)O. The Labute approximate surface area is 119 Å². The van der Waals surface area contributed by atoms with Crippen LogP contribution in [0.15, 0.2) is 18.2 Å². The van der Waals surface area contributed by atoms with Gasteiger partial charge in [-0.25, -0.2) is 0 Å². The highest BCUT2D eigenvalue weighted by atomic mass is 127. The number of anilines is 1. The minimum Gasteiger partial charge on any atom is -0.481 e. The second-order valence-electron chi connectivity index (χ2n) is 4.13. The fraction of sp³-hybridized carbons (Fsp3) is 0.333. The third-order valence-corrected chi connectivity index (χ3v) is 3.70. The Hall–Kier alpha value is -1.31. The molecule has 18 heavy (non-hydrogen) atoms. The maximum atomic E-state index is 11.9. The number of carboxylic acid groups (broad SMARTS) is 1. The summed E-state index contributed by atoms with van der Waals surface area (Å²) in [6, 6.07) is 4.50. The van der Waals surface area contributed by atoms with Crippen molar-refractivity contribution in [3.05, 3.63) is 27.3 Å². The second-order valence-corrected chi connectivity index (χ2v) is 5.29. The average molecular weight is 362 g/mol. The molecule has 98 valence electrons. The zero-order chi connectivity index (χ0) is 13.9. The van der Waals surface area contributed by atoms with Crippen LogP contribution in [0.4, 0.5) is 5.69 Å². The van der Waals surface area contributed by atoms with Gasteiger partial charge >= 0.3 is 5.97 Å². The standard InChI is InChI=1S/C12H15IN2O3/c1-6(12(17)18)7(2)15-11(16)8-3-4-10(14)9(13)5-8/h3-7H,14H2,1-2H3,(H,15,16)(H,17,18). The second kappa shape index (κ2) is 6.03. The van der Waals surface area contributed by atoms with E-state index in [9.17, 15) is 9.59 Å². The maximum absolute atomic E-state index is 11.9. The number of nitrogens with two attached hydrogens (primary N) is 1. The number of nitrogens with one attached hydrogen (secondary N) is 1. The van der Waals surface area contributed by atoms with E-state index in [1.54, 1.807) is 32.0 Å². The lowest BCUT2D eigenvalue weighted by molar-refractivity contribution is -0.141. The minimum atomic E-state index is -0.935. The smallest absolute Gasteiger partial charge is 0.308 e. The molecule has 6 heteroatoms. The van der Waals surface area contributed by atoms with E-state index in [0.29, 0.717) is 11.3 Å². The van der Waals surface area contributed by atoms with Crippen LogP contribution in [0.3, 0.4) is 0 Å². The number of carbonyl (C=O) groups is 2. The summed E-state index contributed by atoms with van der Waals surface area (Å²) in [5, 5.41) is 11.5. The van der Waals surface area contributed by atoms with E-state index in [-0.39, 0.29) is 5.91 Å². The molecule has 0 fully saturated rings. The zero-order valence-corrected chi connectivity index (χ0v) is 12.3. The molecule has 1 rings (SSSR count). The summed E-state index contributed by atoms with van der Waals surface area (Å²) in [4.78, 5) is 22.7. The van der Waals surface area contributed by atoms with Crippen LogP contribution < -0.4 is 11.1 Å². The van der Waals surface area contributed by atoms with Gasteiger partial charge in [-0.15, -0.1) is 0 Å². The van der Waals surface area contributed by atoms with Crippen LogP contribution >= 0.6 is 22.6 Å². The fourth-order valence-corrected chi connectivity index (χ4v) is 1.81. The molecule has 5 nitrogen and oxygen atoms in total. The van der Waals surface area contributed by atoms with Gasteiger partial charge in [0.05, 0.1) is 5.92 Å². The number of carbonyl (C=O) groups excluding carboxylic acids is 1. The minimum absolute atomic E-state index is 0.298. The van der Waals surface area contributed by atoms with Crippen molar-refractivity contribution in [1.82, 2.24) is 5.32 Å². The lowest BCUT2D eigenvalue weighted by atomic mass is 10.0. The van der Waals surface area contributed by atoms with E-state index in [4.69, 9.17) is 10.8 Å². The molecule has 0 heterocycles. The lowest BCUT2D eigenvalue weighted by Crippen LogP contribution is -2.40. The summed E-state index contributed by atoms with van der Waals surface area (Å²) in [7, 11) is 0. The van der Waals surface area contributed by atoms with Gasteiger partial charge in [0.1, 0.15) is 0 Å². The Morgan fingerprint density at radius 3 is 2.50 bits per heavy atom. The summed E-state index contributed by atoms with van der Waals surface area (Å²) < 4.78 is 0.791. The summed E-state index contributed by atoms with van der Waals surface area (Å²) in [5.74, 6) is -1.87. The van der Waals surface area contributed by atoms with Crippen molar-refractivity contribution in [2.24, 2.45) is 5.92 Å². The predicted molar refractivity (Wildman–Crippen MR) is 77.3 cm³/mol. The molecule has 0 radical (unpaired) electrons. The molecular formula is C12H15IN2O3. The number of rotatable bonds is 4. The monoisotopic (exact) mass is 362 g/mol. The van der Waals surface area contributed by atoms with Crippen LogP contribution in [-0.2, 0) is 4.79 Å². The third-order valence-electron chi connectivity index (χ3n) is 2.76. The molecular weight excluding hydrogens is 347 g/mol. The fourth-order valence-electron chi connectivity index (χ4n) is 1.30. The van der Waals surface area contributed by atoms with E-state index >= 15 is 0 Å². The first-order chi connectivity index (χ1) is 8.32. The van der Waals surface area contributed by atoms with Crippen molar-refractivity contribution in [1.29, 1.82) is 0 Å². The molecule has 0 aromatic heterocycles. The van der Waals surface area contributed by atoms with Crippen LogP contribution in [-0.4, -0.2) is 23.0 Å². The van der Waals surface area contributed by atoms with Crippen molar-refractivity contribution in [2.45, 2.75) is 19.9 Å². The van der Waals surface area contributed by atoms with Gasteiger partial charge in [-0.1, -0.05) is 0 Å². The van der Waals surface area contributed by atoms with Crippen molar-refractivity contribution in [2.75, 3.05) is 5.73 Å². The van der Waals surface area contributed by atoms with E-state index < -0.39 is 17.9 Å². The van der Waals surface area contributed by atoms with Gasteiger partial charge in [-0.2, -0.15) is 0 Å². The molecule has 1 aromatic carbocycles. The number of hydrogen-bond donors (Lipinski definition) is 3. The molecule has 1 aromatic rings. The maximum Gasteiger partial charge on any atom is 0.308 e. The molecule has 2 unspecified atom stereocenters. The highest BCUT2D eigenvalue weighted by molar-refractivity contribution is 14.1. The largest absolute Gasteiger partial charge is 0.481 e. The first-order valence-electron chi connectivity index (χ1n) is 5.41. The van der Waals surface area contributed by atoms with E-state index in [1.165, 1.54) is 0 Å². The van der Waals surface area contributed by atoms with Crippen molar-refractivity contribution in [3.63, 3.8) is 0 Å². The Bertz CT molecular complexity index is 476. The molecule has 4 N–H and O–H groups in total. The van der Waals surface area contributed by atoms with Crippen molar-refractivity contribution >= 4 is 40.2 Å². The number of amides is 1. The molecule has 0 spiro atoms. The molecule has 0 saturated heterocycles. The Balaban J connectivity index is 2.76. The van der Waals surface area contributed by atoms with Gasteiger partial charge in [0.25, 0.3) is 5.91 Å². The summed E-state index contributed by atoms with van der Waals surface area (Å²) in [5.41, 5.74) is 6.74. The molecule has 1 amide bonds. The number of benzene rings is 1. The summed E-state index contributed by atoms with van der Waals surface area (Å²) >= 11 is 2.04. The number of aliphatic carboxylic acids is 1. The molecule has 0 bridgehead atoms. The highest BCUT2D eigenvalue weighted by Crippen LogP contribution is 2.16. The van der Waals surface area contributed by atoms with Gasteiger partial charge in [0, 0.05) is 20.9 Å². The molecule has 2 atom stereocenters. The number of carboxylic acids is 1. The molecule has 0 aliphatic carbocycles. The summed E-state index contributed by atoms with van der Waals surface area (Å²) in [6.07, 6.45) is 0. The molecule has 0 saturated carbocycles. The van der Waals surface area contributed by atoms with Gasteiger partial charge in [-0.3, -0.25) is 9.59 Å². The van der Waals surface area contributed by atoms with Crippen LogP contribution in [0.2, 0.25) is 0 Å². The van der Waals surface area contributed by atoms with Crippen molar-refractivity contribution < 1.29 is 14.7 Å². The normalized spacial score (nSPS) is 13.7. The lowest BCUT2D eigenvalue weighted by Gasteiger charge is -2.17. The topological polar surface area (TPSA) is 92.4 Å².